The average Bonchev–Trinajstić information content (AvgIpc) is 2.10. The monoisotopic (exact) mass is 234 g/mol. The van der Waals surface area contributed by atoms with Crippen molar-refractivity contribution in [3.05, 3.63) is 0 Å². The molecule has 0 aromatic rings. The topological polar surface area (TPSA) is 132 Å². The highest BCUT2D eigenvalue weighted by Crippen LogP contribution is 2.19. The Hall–Kier alpha value is -1.63. The van der Waals surface area contributed by atoms with Crippen LogP contribution in [0.4, 0.5) is 0 Å². The first kappa shape index (κ1) is 14.4. The van der Waals surface area contributed by atoms with Crippen LogP contribution < -0.4 is 0 Å². The van der Waals surface area contributed by atoms with Gasteiger partial charge in [-0.2, -0.15) is 0 Å². The summed E-state index contributed by atoms with van der Waals surface area (Å²) in [7, 11) is 0. The van der Waals surface area contributed by atoms with Gasteiger partial charge in [0.25, 0.3) is 0 Å². The molecule has 0 spiro atoms. The number of carboxylic acid groups (broad SMARTS) is 3. The van der Waals surface area contributed by atoms with Crippen LogP contribution in [-0.2, 0) is 14.4 Å². The molecule has 0 aliphatic heterocycles. The molecular formula is C9H14O7. The summed E-state index contributed by atoms with van der Waals surface area (Å²) in [6, 6.07) is 0. The highest BCUT2D eigenvalue weighted by Gasteiger charge is 2.37. The molecule has 4 N–H and O–H groups in total. The zero-order chi connectivity index (χ0) is 12.8. The Kier molecular flexibility index (Phi) is 5.44. The molecule has 16 heavy (non-hydrogen) atoms. The molecule has 0 bridgehead atoms. The fourth-order valence-electron chi connectivity index (χ4n) is 1.21. The Labute approximate surface area is 91.3 Å². The Morgan fingerprint density at radius 2 is 1.50 bits per heavy atom. The van der Waals surface area contributed by atoms with E-state index in [0.717, 1.165) is 0 Å². The molecule has 0 aromatic heterocycles. The molecule has 0 aliphatic carbocycles. The third-order valence-electron chi connectivity index (χ3n) is 2.07. The van der Waals surface area contributed by atoms with Crippen LogP contribution in [0.2, 0.25) is 0 Å². The van der Waals surface area contributed by atoms with Crippen molar-refractivity contribution in [3.63, 3.8) is 0 Å². The van der Waals surface area contributed by atoms with Gasteiger partial charge < -0.3 is 20.4 Å². The van der Waals surface area contributed by atoms with Gasteiger partial charge in [0.1, 0.15) is 0 Å². The molecule has 0 aromatic carbocycles. The van der Waals surface area contributed by atoms with E-state index in [1.165, 1.54) is 0 Å². The van der Waals surface area contributed by atoms with Gasteiger partial charge in [0.2, 0.25) is 0 Å². The van der Waals surface area contributed by atoms with E-state index in [2.05, 4.69) is 0 Å². The van der Waals surface area contributed by atoms with E-state index in [1.807, 2.05) is 0 Å². The number of unbranched alkanes of at least 4 members (excludes halogenated alkanes) is 1. The second kappa shape index (κ2) is 6.06. The van der Waals surface area contributed by atoms with Crippen LogP contribution in [0.15, 0.2) is 0 Å². The molecule has 1 unspecified atom stereocenters. The summed E-state index contributed by atoms with van der Waals surface area (Å²) < 4.78 is 0. The summed E-state index contributed by atoms with van der Waals surface area (Å²) in [6.07, 6.45) is -0.965. The molecule has 0 saturated heterocycles. The van der Waals surface area contributed by atoms with Crippen LogP contribution in [0.25, 0.3) is 0 Å². The Morgan fingerprint density at radius 3 is 1.88 bits per heavy atom. The zero-order valence-electron chi connectivity index (χ0n) is 8.55. The van der Waals surface area contributed by atoms with E-state index in [-0.39, 0.29) is 25.7 Å². The smallest absolute Gasteiger partial charge is 0.336 e. The minimum Gasteiger partial charge on any atom is -0.481 e. The lowest BCUT2D eigenvalue weighted by atomic mass is 9.93. The van der Waals surface area contributed by atoms with Gasteiger partial charge in [-0.25, -0.2) is 4.79 Å². The normalized spacial score (nSPS) is 14.1. The number of carbonyl (C=O) groups is 3. The van der Waals surface area contributed by atoms with Crippen molar-refractivity contribution in [1.29, 1.82) is 0 Å². The van der Waals surface area contributed by atoms with Crippen molar-refractivity contribution < 1.29 is 34.8 Å². The van der Waals surface area contributed by atoms with E-state index in [4.69, 9.17) is 15.3 Å². The Bertz CT molecular complexity index is 286. The first-order chi connectivity index (χ1) is 7.28. The number of aliphatic hydroxyl groups is 1. The molecule has 0 aliphatic rings. The quantitative estimate of drug-likeness (QED) is 0.432. The molecule has 0 rings (SSSR count). The minimum absolute atomic E-state index is 0.136. The standard InChI is InChI=1S/C9H14O7/c10-6(11)3-1-2-4-9(16,8(14)15)5-7(12)13/h16H,1-5H2,(H,10,11)(H,12,13)(H,14,15). The maximum atomic E-state index is 10.7. The van der Waals surface area contributed by atoms with Gasteiger partial charge in [0, 0.05) is 6.42 Å². The van der Waals surface area contributed by atoms with Crippen molar-refractivity contribution in [3.8, 4) is 0 Å². The van der Waals surface area contributed by atoms with Crippen molar-refractivity contribution >= 4 is 17.9 Å². The number of hydrogen-bond acceptors (Lipinski definition) is 4. The molecule has 0 radical (unpaired) electrons. The number of rotatable bonds is 8. The maximum Gasteiger partial charge on any atom is 0.336 e. The third-order valence-corrected chi connectivity index (χ3v) is 2.07. The predicted molar refractivity (Wildman–Crippen MR) is 50.9 cm³/mol. The van der Waals surface area contributed by atoms with Gasteiger partial charge in [0.15, 0.2) is 5.60 Å². The number of hydrogen-bond donors (Lipinski definition) is 4. The fraction of sp³-hybridized carbons (Fsp3) is 0.667. The molecule has 0 amide bonds. The van der Waals surface area contributed by atoms with Gasteiger partial charge >= 0.3 is 17.9 Å². The number of aliphatic carboxylic acids is 3. The van der Waals surface area contributed by atoms with E-state index in [9.17, 15) is 19.5 Å². The van der Waals surface area contributed by atoms with E-state index < -0.39 is 29.9 Å². The SMILES string of the molecule is O=C(O)CCCCC(O)(CC(=O)O)C(=O)O. The summed E-state index contributed by atoms with van der Waals surface area (Å²) in [5.74, 6) is -4.04. The second-order valence-corrected chi connectivity index (χ2v) is 3.51. The lowest BCUT2D eigenvalue weighted by Crippen LogP contribution is -2.40. The van der Waals surface area contributed by atoms with Gasteiger partial charge in [-0.15, -0.1) is 0 Å². The highest BCUT2D eigenvalue weighted by molar-refractivity contribution is 5.83. The maximum absolute atomic E-state index is 10.7. The van der Waals surface area contributed by atoms with Crippen LogP contribution in [0.1, 0.15) is 32.1 Å². The first-order valence-electron chi connectivity index (χ1n) is 4.67. The summed E-state index contributed by atoms with van der Waals surface area (Å²) in [5, 5.41) is 34.9. The van der Waals surface area contributed by atoms with Crippen molar-refractivity contribution in [1.82, 2.24) is 0 Å². The second-order valence-electron chi connectivity index (χ2n) is 3.51. The van der Waals surface area contributed by atoms with E-state index in [0.29, 0.717) is 0 Å². The minimum atomic E-state index is -2.32. The van der Waals surface area contributed by atoms with E-state index >= 15 is 0 Å². The zero-order valence-corrected chi connectivity index (χ0v) is 8.55. The average molecular weight is 234 g/mol. The lowest BCUT2D eigenvalue weighted by Gasteiger charge is -2.20. The summed E-state index contributed by atoms with van der Waals surface area (Å²) in [6.45, 7) is 0. The molecule has 7 heteroatoms. The predicted octanol–water partition coefficient (Wildman–Crippen LogP) is -0.0782. The molecule has 0 heterocycles. The van der Waals surface area contributed by atoms with Crippen LogP contribution >= 0.6 is 0 Å². The van der Waals surface area contributed by atoms with Crippen LogP contribution in [-0.4, -0.2) is 43.9 Å². The first-order valence-corrected chi connectivity index (χ1v) is 4.67. The van der Waals surface area contributed by atoms with Crippen LogP contribution in [0.5, 0.6) is 0 Å². The molecular weight excluding hydrogens is 220 g/mol. The molecule has 0 fully saturated rings. The summed E-state index contributed by atoms with van der Waals surface area (Å²) in [5.41, 5.74) is -2.32. The van der Waals surface area contributed by atoms with Gasteiger partial charge in [-0.3, -0.25) is 9.59 Å². The largest absolute Gasteiger partial charge is 0.481 e. The van der Waals surface area contributed by atoms with Crippen molar-refractivity contribution in [2.24, 2.45) is 0 Å². The molecule has 0 saturated carbocycles. The highest BCUT2D eigenvalue weighted by atomic mass is 16.4. The van der Waals surface area contributed by atoms with Crippen molar-refractivity contribution in [2.45, 2.75) is 37.7 Å². The fourth-order valence-corrected chi connectivity index (χ4v) is 1.21. The van der Waals surface area contributed by atoms with Crippen molar-refractivity contribution in [2.75, 3.05) is 0 Å². The Morgan fingerprint density at radius 1 is 0.938 bits per heavy atom. The third kappa shape index (κ3) is 5.30. The number of carboxylic acids is 3. The van der Waals surface area contributed by atoms with Gasteiger partial charge in [-0.1, -0.05) is 0 Å². The van der Waals surface area contributed by atoms with Crippen LogP contribution in [0, 0.1) is 0 Å². The van der Waals surface area contributed by atoms with E-state index in [1.54, 1.807) is 0 Å². The van der Waals surface area contributed by atoms with Crippen LogP contribution in [0.3, 0.4) is 0 Å². The van der Waals surface area contributed by atoms with Gasteiger partial charge in [0.05, 0.1) is 6.42 Å². The van der Waals surface area contributed by atoms with Gasteiger partial charge in [-0.05, 0) is 19.3 Å². The molecule has 92 valence electrons. The molecule has 7 nitrogen and oxygen atoms in total. The summed E-state index contributed by atoms with van der Waals surface area (Å²) >= 11 is 0. The molecule has 1 atom stereocenters. The Balaban J connectivity index is 4.18. The lowest BCUT2D eigenvalue weighted by molar-refractivity contribution is -0.166. The summed E-state index contributed by atoms with van der Waals surface area (Å²) in [4.78, 5) is 31.2.